The number of carbonyl (C=O) groups is 4. The van der Waals surface area contributed by atoms with Gasteiger partial charge in [0.15, 0.2) is 0 Å². The molecule has 0 aliphatic carbocycles. The molecule has 3 amide bonds. The highest BCUT2D eigenvalue weighted by Crippen LogP contribution is 2.02. The third kappa shape index (κ3) is 3.90. The number of hydrogen-bond donors (Lipinski definition) is 3. The van der Waals surface area contributed by atoms with Crippen LogP contribution in [0, 0.1) is 0 Å². The van der Waals surface area contributed by atoms with E-state index in [2.05, 4.69) is 10.3 Å². The minimum absolute atomic E-state index is 0.0965. The van der Waals surface area contributed by atoms with Gasteiger partial charge in [0.1, 0.15) is 11.7 Å². The van der Waals surface area contributed by atoms with E-state index >= 15 is 0 Å². The monoisotopic (exact) mass is 281 g/mol. The van der Waals surface area contributed by atoms with E-state index in [0.29, 0.717) is 0 Å². The van der Waals surface area contributed by atoms with Crippen molar-refractivity contribution in [1.82, 2.24) is 14.9 Å². The molecule has 0 spiro atoms. The molecule has 1 aromatic heterocycles. The maximum Gasteiger partial charge on any atom is 0.284 e. The minimum atomic E-state index is -1.09. The molecule has 0 bridgehead atoms. The molecule has 0 saturated carbocycles. The van der Waals surface area contributed by atoms with Crippen molar-refractivity contribution in [2.45, 2.75) is 18.9 Å². The van der Waals surface area contributed by atoms with E-state index in [-0.39, 0.29) is 18.5 Å². The Balaban J connectivity index is 2.66. The van der Waals surface area contributed by atoms with E-state index in [4.69, 9.17) is 11.5 Å². The SMILES string of the molecule is Cn1cncc1C(=O)NC(CCC(=O)C(N)=O)C(N)=O. The first-order valence-corrected chi connectivity index (χ1v) is 5.72. The fraction of sp³-hybridized carbons (Fsp3) is 0.364. The highest BCUT2D eigenvalue weighted by molar-refractivity contribution is 6.35. The van der Waals surface area contributed by atoms with Crippen LogP contribution in [-0.4, -0.2) is 39.1 Å². The van der Waals surface area contributed by atoms with Gasteiger partial charge in [0, 0.05) is 13.5 Å². The number of aryl methyl sites for hydroxylation is 1. The zero-order valence-corrected chi connectivity index (χ0v) is 10.8. The summed E-state index contributed by atoms with van der Waals surface area (Å²) in [4.78, 5) is 48.5. The molecule has 1 heterocycles. The van der Waals surface area contributed by atoms with Crippen LogP contribution in [-0.2, 0) is 21.4 Å². The van der Waals surface area contributed by atoms with Gasteiger partial charge in [-0.05, 0) is 6.42 Å². The number of amides is 3. The normalized spacial score (nSPS) is 11.7. The van der Waals surface area contributed by atoms with Gasteiger partial charge >= 0.3 is 0 Å². The number of Topliss-reactive ketones (excluding diaryl/α,β-unsaturated/α-hetero) is 1. The lowest BCUT2D eigenvalue weighted by Crippen LogP contribution is -2.45. The number of rotatable bonds is 7. The third-order valence-corrected chi connectivity index (χ3v) is 2.63. The molecule has 0 fully saturated rings. The summed E-state index contributed by atoms with van der Waals surface area (Å²) in [5.74, 6) is -3.28. The number of nitrogens with two attached hydrogens (primary N) is 2. The Hall–Kier alpha value is -2.71. The summed E-state index contributed by atoms with van der Waals surface area (Å²) >= 11 is 0. The molecule has 0 aromatic carbocycles. The van der Waals surface area contributed by atoms with E-state index < -0.39 is 29.5 Å². The first-order valence-electron chi connectivity index (χ1n) is 5.72. The number of ketones is 1. The standard InChI is InChI=1S/C11H15N5O4/c1-16-5-14-4-7(16)11(20)15-6(9(12)18)2-3-8(17)10(13)19/h4-6H,2-3H2,1H3,(H2,12,18)(H2,13,19)(H,15,20). The van der Waals surface area contributed by atoms with Gasteiger partial charge in [0.25, 0.3) is 11.8 Å². The van der Waals surface area contributed by atoms with Crippen LogP contribution in [0.5, 0.6) is 0 Å². The quantitative estimate of drug-likeness (QED) is 0.486. The molecule has 20 heavy (non-hydrogen) atoms. The highest BCUT2D eigenvalue weighted by Gasteiger charge is 2.22. The second-order valence-corrected chi connectivity index (χ2v) is 4.14. The number of nitrogens with zero attached hydrogens (tertiary/aromatic N) is 2. The van der Waals surface area contributed by atoms with E-state index in [0.717, 1.165) is 0 Å². The van der Waals surface area contributed by atoms with Crippen molar-refractivity contribution in [3.8, 4) is 0 Å². The fourth-order valence-corrected chi connectivity index (χ4v) is 1.49. The van der Waals surface area contributed by atoms with Crippen LogP contribution in [0.3, 0.4) is 0 Å². The van der Waals surface area contributed by atoms with Gasteiger partial charge in [-0.2, -0.15) is 0 Å². The Morgan fingerprint density at radius 1 is 1.35 bits per heavy atom. The molecule has 1 rings (SSSR count). The lowest BCUT2D eigenvalue weighted by atomic mass is 10.1. The summed E-state index contributed by atoms with van der Waals surface area (Å²) in [6, 6.07) is -1.07. The van der Waals surface area contributed by atoms with Crippen LogP contribution >= 0.6 is 0 Å². The molecule has 9 heteroatoms. The van der Waals surface area contributed by atoms with Gasteiger partial charge in [0.05, 0.1) is 12.5 Å². The number of imidazole rings is 1. The van der Waals surface area contributed by atoms with Gasteiger partial charge in [0.2, 0.25) is 11.7 Å². The zero-order chi connectivity index (χ0) is 15.3. The van der Waals surface area contributed by atoms with Gasteiger partial charge in [-0.15, -0.1) is 0 Å². The van der Waals surface area contributed by atoms with Crippen molar-refractivity contribution < 1.29 is 19.2 Å². The Bertz CT molecular complexity index is 551. The van der Waals surface area contributed by atoms with Crippen LogP contribution in [0.25, 0.3) is 0 Å². The molecule has 0 aliphatic heterocycles. The van der Waals surface area contributed by atoms with E-state index in [1.165, 1.54) is 17.1 Å². The van der Waals surface area contributed by atoms with Crippen molar-refractivity contribution >= 4 is 23.5 Å². The van der Waals surface area contributed by atoms with Crippen LogP contribution in [0.4, 0.5) is 0 Å². The van der Waals surface area contributed by atoms with E-state index in [1.807, 2.05) is 0 Å². The van der Waals surface area contributed by atoms with Crippen LogP contribution in [0.2, 0.25) is 0 Å². The number of carbonyl (C=O) groups excluding carboxylic acids is 4. The minimum Gasteiger partial charge on any atom is -0.368 e. The molecule has 9 nitrogen and oxygen atoms in total. The van der Waals surface area contributed by atoms with Crippen LogP contribution in [0.1, 0.15) is 23.3 Å². The Labute approximate surface area is 114 Å². The average Bonchev–Trinajstić information content (AvgIpc) is 2.79. The first kappa shape index (κ1) is 15.3. The highest BCUT2D eigenvalue weighted by atomic mass is 16.2. The second kappa shape index (κ2) is 6.45. The van der Waals surface area contributed by atoms with E-state index in [9.17, 15) is 19.2 Å². The molecule has 0 saturated heterocycles. The topological polar surface area (TPSA) is 150 Å². The first-order chi connectivity index (χ1) is 9.32. The Morgan fingerprint density at radius 2 is 2.00 bits per heavy atom. The van der Waals surface area contributed by atoms with Gasteiger partial charge in [-0.25, -0.2) is 4.98 Å². The maximum atomic E-state index is 11.9. The molecule has 1 unspecified atom stereocenters. The van der Waals surface area contributed by atoms with Crippen molar-refractivity contribution in [2.75, 3.05) is 0 Å². The number of primary amides is 2. The fourth-order valence-electron chi connectivity index (χ4n) is 1.49. The molecular weight excluding hydrogens is 266 g/mol. The lowest BCUT2D eigenvalue weighted by Gasteiger charge is -2.14. The van der Waals surface area contributed by atoms with Gasteiger partial charge in [-0.1, -0.05) is 0 Å². The summed E-state index contributed by atoms with van der Waals surface area (Å²) in [5.41, 5.74) is 10.2. The van der Waals surface area contributed by atoms with Gasteiger partial charge < -0.3 is 21.4 Å². The molecular formula is C11H15N5O4. The van der Waals surface area contributed by atoms with Crippen LogP contribution in [0.15, 0.2) is 12.5 Å². The van der Waals surface area contributed by atoms with Crippen molar-refractivity contribution in [3.63, 3.8) is 0 Å². The number of aromatic nitrogens is 2. The molecule has 1 aromatic rings. The summed E-state index contributed by atoms with van der Waals surface area (Å²) < 4.78 is 1.46. The van der Waals surface area contributed by atoms with E-state index in [1.54, 1.807) is 7.05 Å². The zero-order valence-electron chi connectivity index (χ0n) is 10.8. The second-order valence-electron chi connectivity index (χ2n) is 4.14. The molecule has 5 N–H and O–H groups in total. The summed E-state index contributed by atoms with van der Waals surface area (Å²) in [6.07, 6.45) is 2.38. The maximum absolute atomic E-state index is 11.9. The predicted octanol–water partition coefficient (Wildman–Crippen LogP) is -2.16. The lowest BCUT2D eigenvalue weighted by molar-refractivity contribution is -0.136. The number of hydrogen-bond acceptors (Lipinski definition) is 5. The van der Waals surface area contributed by atoms with Crippen molar-refractivity contribution in [1.29, 1.82) is 0 Å². The largest absolute Gasteiger partial charge is 0.368 e. The molecule has 108 valence electrons. The smallest absolute Gasteiger partial charge is 0.284 e. The van der Waals surface area contributed by atoms with Crippen LogP contribution < -0.4 is 16.8 Å². The van der Waals surface area contributed by atoms with Crippen molar-refractivity contribution in [3.05, 3.63) is 18.2 Å². The summed E-state index contributed by atoms with van der Waals surface area (Å²) in [5, 5.41) is 2.38. The Kier molecular flexibility index (Phi) is 4.95. The van der Waals surface area contributed by atoms with Gasteiger partial charge in [-0.3, -0.25) is 19.2 Å². The summed E-state index contributed by atoms with van der Waals surface area (Å²) in [7, 11) is 1.61. The average molecular weight is 281 g/mol. The number of nitrogens with one attached hydrogen (secondary N) is 1. The molecule has 0 aliphatic rings. The molecule has 1 atom stereocenters. The third-order valence-electron chi connectivity index (χ3n) is 2.63. The Morgan fingerprint density at radius 3 is 2.45 bits per heavy atom. The van der Waals surface area contributed by atoms with Crippen molar-refractivity contribution in [2.24, 2.45) is 18.5 Å². The molecule has 0 radical (unpaired) electrons. The predicted molar refractivity (Wildman–Crippen MR) is 67.1 cm³/mol. The summed E-state index contributed by atoms with van der Waals surface area (Å²) in [6.45, 7) is 0.